The van der Waals surface area contributed by atoms with Gasteiger partial charge >= 0.3 is 5.97 Å². The molecule has 130 valence electrons. The fourth-order valence-electron chi connectivity index (χ4n) is 2.31. The molecule has 0 aromatic heterocycles. The first kappa shape index (κ1) is 18.3. The lowest BCUT2D eigenvalue weighted by Gasteiger charge is -2.11. The van der Waals surface area contributed by atoms with Crippen LogP contribution in [0.1, 0.15) is 17.5 Å². The topological polar surface area (TPSA) is 64.6 Å². The van der Waals surface area contributed by atoms with Gasteiger partial charge in [0.15, 0.2) is 0 Å². The van der Waals surface area contributed by atoms with E-state index in [0.717, 1.165) is 11.1 Å². The summed E-state index contributed by atoms with van der Waals surface area (Å²) in [6.07, 6.45) is 1.90. The molecule has 2 aromatic rings. The molecule has 0 saturated carbocycles. The van der Waals surface area contributed by atoms with Crippen molar-refractivity contribution < 1.29 is 19.1 Å². The number of hydrogen-bond acceptors (Lipinski definition) is 4. The zero-order valence-electron chi connectivity index (χ0n) is 14.3. The van der Waals surface area contributed by atoms with Gasteiger partial charge in [-0.3, -0.25) is 9.59 Å². The number of esters is 1. The van der Waals surface area contributed by atoms with Crippen LogP contribution in [-0.2, 0) is 14.3 Å². The van der Waals surface area contributed by atoms with Crippen molar-refractivity contribution in [3.05, 3.63) is 65.7 Å². The number of carbonyl (C=O) groups excluding carboxylic acids is 2. The van der Waals surface area contributed by atoms with E-state index in [4.69, 9.17) is 4.74 Å². The van der Waals surface area contributed by atoms with Gasteiger partial charge in [0.05, 0.1) is 20.6 Å². The fourth-order valence-corrected chi connectivity index (χ4v) is 2.31. The maximum absolute atomic E-state index is 12.6. The number of amides is 1. The molecule has 0 saturated heterocycles. The van der Waals surface area contributed by atoms with Crippen LogP contribution in [0.25, 0.3) is 11.6 Å². The van der Waals surface area contributed by atoms with E-state index in [9.17, 15) is 9.59 Å². The highest BCUT2D eigenvalue weighted by Crippen LogP contribution is 2.24. The predicted molar refractivity (Wildman–Crippen MR) is 96.9 cm³/mol. The lowest BCUT2D eigenvalue weighted by atomic mass is 10.0. The third kappa shape index (κ3) is 5.21. The summed E-state index contributed by atoms with van der Waals surface area (Å²) in [7, 11) is 2.91. The van der Waals surface area contributed by atoms with Crippen molar-refractivity contribution in [2.24, 2.45) is 0 Å². The summed E-state index contributed by atoms with van der Waals surface area (Å²) in [5.41, 5.74) is 2.07. The smallest absolute Gasteiger partial charge is 0.307 e. The van der Waals surface area contributed by atoms with E-state index in [-0.39, 0.29) is 24.8 Å². The van der Waals surface area contributed by atoms with Crippen molar-refractivity contribution in [3.63, 3.8) is 0 Å². The van der Waals surface area contributed by atoms with Gasteiger partial charge in [0.25, 0.3) is 5.91 Å². The molecule has 0 aliphatic heterocycles. The van der Waals surface area contributed by atoms with Crippen LogP contribution in [0.2, 0.25) is 0 Å². The quantitative estimate of drug-likeness (QED) is 0.479. The van der Waals surface area contributed by atoms with Gasteiger partial charge in [-0.2, -0.15) is 0 Å². The van der Waals surface area contributed by atoms with Crippen LogP contribution in [0.15, 0.2) is 54.6 Å². The summed E-state index contributed by atoms with van der Waals surface area (Å²) in [4.78, 5) is 23.8. The first-order chi connectivity index (χ1) is 12.2. The predicted octanol–water partition coefficient (Wildman–Crippen LogP) is 2.92. The van der Waals surface area contributed by atoms with E-state index in [1.165, 1.54) is 7.11 Å². The minimum Gasteiger partial charge on any atom is -0.496 e. The molecule has 2 aromatic carbocycles. The summed E-state index contributed by atoms with van der Waals surface area (Å²) in [6.45, 7) is 0.210. The zero-order chi connectivity index (χ0) is 18.1. The van der Waals surface area contributed by atoms with E-state index in [0.29, 0.717) is 11.3 Å². The summed E-state index contributed by atoms with van der Waals surface area (Å²) >= 11 is 0. The molecule has 5 heteroatoms. The van der Waals surface area contributed by atoms with Gasteiger partial charge in [0.2, 0.25) is 0 Å². The second-order valence-electron chi connectivity index (χ2n) is 5.25. The molecule has 2 rings (SSSR count). The second-order valence-corrected chi connectivity index (χ2v) is 5.25. The van der Waals surface area contributed by atoms with Crippen molar-refractivity contribution in [2.45, 2.75) is 6.42 Å². The van der Waals surface area contributed by atoms with Gasteiger partial charge in [-0.25, -0.2) is 0 Å². The minimum absolute atomic E-state index is 0.124. The maximum Gasteiger partial charge on any atom is 0.307 e. The van der Waals surface area contributed by atoms with E-state index in [2.05, 4.69) is 10.1 Å². The molecule has 5 nitrogen and oxygen atoms in total. The number of methoxy groups -OCH3 is 2. The molecule has 0 fully saturated rings. The van der Waals surface area contributed by atoms with E-state index >= 15 is 0 Å². The normalized spacial score (nSPS) is 10.9. The Morgan fingerprint density at radius 1 is 1.00 bits per heavy atom. The van der Waals surface area contributed by atoms with Crippen LogP contribution in [-0.4, -0.2) is 32.6 Å². The van der Waals surface area contributed by atoms with Crippen LogP contribution in [0, 0.1) is 0 Å². The number of benzene rings is 2. The van der Waals surface area contributed by atoms with Crippen molar-refractivity contribution in [3.8, 4) is 5.75 Å². The Bertz CT molecular complexity index is 753. The molecular formula is C20H21NO4. The third-order valence-electron chi connectivity index (χ3n) is 3.61. The van der Waals surface area contributed by atoms with Crippen LogP contribution in [0.3, 0.4) is 0 Å². The zero-order valence-corrected chi connectivity index (χ0v) is 14.3. The monoisotopic (exact) mass is 339 g/mol. The molecule has 1 N–H and O–H groups in total. The summed E-state index contributed by atoms with van der Waals surface area (Å²) < 4.78 is 9.93. The first-order valence-electron chi connectivity index (χ1n) is 7.91. The highest BCUT2D eigenvalue weighted by Gasteiger charge is 2.13. The molecule has 0 spiro atoms. The van der Waals surface area contributed by atoms with Crippen LogP contribution in [0.5, 0.6) is 5.75 Å². The van der Waals surface area contributed by atoms with E-state index < -0.39 is 0 Å². The van der Waals surface area contributed by atoms with E-state index in [1.807, 2.05) is 54.6 Å². The SMILES string of the molecule is COC(=O)CCNC(=O)/C(=C/c1ccccc1OC)c1ccccc1. The molecular weight excluding hydrogens is 318 g/mol. The summed E-state index contributed by atoms with van der Waals surface area (Å²) in [5, 5.41) is 2.76. The number of hydrogen-bond donors (Lipinski definition) is 1. The largest absolute Gasteiger partial charge is 0.496 e. The van der Waals surface area contributed by atoms with Gasteiger partial charge in [-0.05, 0) is 17.7 Å². The van der Waals surface area contributed by atoms with Crippen LogP contribution < -0.4 is 10.1 Å². The summed E-state index contributed by atoms with van der Waals surface area (Å²) in [5.74, 6) is 0.0505. The molecule has 0 atom stereocenters. The molecule has 0 aliphatic rings. The van der Waals surface area contributed by atoms with Crippen LogP contribution in [0.4, 0.5) is 0 Å². The minimum atomic E-state index is -0.365. The van der Waals surface area contributed by atoms with Gasteiger partial charge in [-0.15, -0.1) is 0 Å². The Kier molecular flexibility index (Phi) is 6.77. The van der Waals surface area contributed by atoms with Gasteiger partial charge in [0, 0.05) is 17.7 Å². The molecule has 0 unspecified atom stereocenters. The lowest BCUT2D eigenvalue weighted by Crippen LogP contribution is -2.27. The Morgan fingerprint density at radius 2 is 1.68 bits per heavy atom. The van der Waals surface area contributed by atoms with E-state index in [1.54, 1.807) is 13.2 Å². The number of ether oxygens (including phenoxy) is 2. The number of nitrogens with one attached hydrogen (secondary N) is 1. The first-order valence-corrected chi connectivity index (χ1v) is 7.91. The molecule has 0 heterocycles. The number of carbonyl (C=O) groups is 2. The van der Waals surface area contributed by atoms with Crippen molar-refractivity contribution in [1.82, 2.24) is 5.32 Å². The third-order valence-corrected chi connectivity index (χ3v) is 3.61. The molecule has 0 aliphatic carbocycles. The Labute approximate surface area is 147 Å². The fraction of sp³-hybridized carbons (Fsp3) is 0.200. The number of para-hydroxylation sites is 1. The lowest BCUT2D eigenvalue weighted by molar-refractivity contribution is -0.140. The Balaban J connectivity index is 2.29. The second kappa shape index (κ2) is 9.27. The highest BCUT2D eigenvalue weighted by molar-refractivity contribution is 6.24. The number of rotatable bonds is 7. The van der Waals surface area contributed by atoms with Gasteiger partial charge in [-0.1, -0.05) is 48.5 Å². The maximum atomic E-state index is 12.6. The Hall–Kier alpha value is -3.08. The van der Waals surface area contributed by atoms with Crippen molar-refractivity contribution in [2.75, 3.05) is 20.8 Å². The van der Waals surface area contributed by atoms with Crippen LogP contribution >= 0.6 is 0 Å². The average Bonchev–Trinajstić information content (AvgIpc) is 2.66. The van der Waals surface area contributed by atoms with Crippen molar-refractivity contribution >= 4 is 23.5 Å². The molecule has 0 radical (unpaired) electrons. The molecule has 25 heavy (non-hydrogen) atoms. The summed E-state index contributed by atoms with van der Waals surface area (Å²) in [6, 6.07) is 16.8. The highest BCUT2D eigenvalue weighted by atomic mass is 16.5. The standard InChI is InChI=1S/C20H21NO4/c1-24-18-11-7-6-10-16(18)14-17(15-8-4-3-5-9-15)20(23)21-13-12-19(22)25-2/h3-11,14H,12-13H2,1-2H3,(H,21,23)/b17-14+. The van der Waals surface area contributed by atoms with Gasteiger partial charge < -0.3 is 14.8 Å². The van der Waals surface area contributed by atoms with Crippen molar-refractivity contribution in [1.29, 1.82) is 0 Å². The average molecular weight is 339 g/mol. The van der Waals surface area contributed by atoms with Gasteiger partial charge in [0.1, 0.15) is 5.75 Å². The molecule has 0 bridgehead atoms. The molecule has 1 amide bonds. The Morgan fingerprint density at radius 3 is 2.36 bits per heavy atom.